The lowest BCUT2D eigenvalue weighted by Gasteiger charge is -2.37. The number of aromatic hydroxyl groups is 1. The van der Waals surface area contributed by atoms with Crippen LogP contribution < -0.4 is 5.32 Å². The number of phenolic OH excluding ortho intramolecular Hbond substituents is 1. The van der Waals surface area contributed by atoms with E-state index in [-0.39, 0.29) is 5.75 Å². The van der Waals surface area contributed by atoms with Crippen molar-refractivity contribution in [3.63, 3.8) is 0 Å². The molecule has 31 heavy (non-hydrogen) atoms. The average molecular weight is 484 g/mol. The van der Waals surface area contributed by atoms with Gasteiger partial charge in [-0.1, -0.05) is 19.1 Å². The molecule has 1 saturated carbocycles. The molecule has 2 fully saturated rings. The summed E-state index contributed by atoms with van der Waals surface area (Å²) in [7, 11) is 0. The fourth-order valence-corrected chi connectivity index (χ4v) is 5.59. The standard InChI is InChI=1S/C24H30BrN5O/c1-16-8-9-18(11-16)29-10-4-5-17(15-29)13-26-23-12-21(19-6-2-3-7-22(19)31)28-24-20(25)14-27-30(23)24/h2-3,6-7,12,14,16-18,26,31H,4-5,8-11,13,15H2,1H3. The third-order valence-corrected chi connectivity index (χ3v) is 7.47. The van der Waals surface area contributed by atoms with Crippen LogP contribution in [0.15, 0.2) is 41.0 Å². The second kappa shape index (κ2) is 8.79. The van der Waals surface area contributed by atoms with Crippen molar-refractivity contribution in [1.29, 1.82) is 0 Å². The van der Waals surface area contributed by atoms with E-state index in [1.54, 1.807) is 12.3 Å². The minimum Gasteiger partial charge on any atom is -0.507 e. The maximum Gasteiger partial charge on any atom is 0.172 e. The van der Waals surface area contributed by atoms with Crippen LogP contribution in [0, 0.1) is 11.8 Å². The number of piperidine rings is 1. The van der Waals surface area contributed by atoms with Crippen molar-refractivity contribution in [3.8, 4) is 17.0 Å². The zero-order chi connectivity index (χ0) is 21.4. The summed E-state index contributed by atoms with van der Waals surface area (Å²) >= 11 is 3.56. The highest BCUT2D eigenvalue weighted by Crippen LogP contribution is 2.33. The summed E-state index contributed by atoms with van der Waals surface area (Å²) < 4.78 is 2.68. The van der Waals surface area contributed by atoms with Gasteiger partial charge in [-0.3, -0.25) is 0 Å². The maximum absolute atomic E-state index is 10.3. The first-order valence-corrected chi connectivity index (χ1v) is 12.2. The number of rotatable bonds is 5. The molecule has 0 amide bonds. The van der Waals surface area contributed by atoms with Crippen LogP contribution >= 0.6 is 15.9 Å². The normalized spacial score (nSPS) is 24.6. The van der Waals surface area contributed by atoms with Gasteiger partial charge in [0.1, 0.15) is 11.6 Å². The van der Waals surface area contributed by atoms with Gasteiger partial charge < -0.3 is 15.3 Å². The van der Waals surface area contributed by atoms with Crippen molar-refractivity contribution in [2.24, 2.45) is 11.8 Å². The molecular formula is C24H30BrN5O. The van der Waals surface area contributed by atoms with Crippen molar-refractivity contribution in [2.75, 3.05) is 25.0 Å². The monoisotopic (exact) mass is 483 g/mol. The van der Waals surface area contributed by atoms with Gasteiger partial charge in [-0.2, -0.15) is 9.61 Å². The van der Waals surface area contributed by atoms with Crippen LogP contribution in [0.25, 0.3) is 16.9 Å². The van der Waals surface area contributed by atoms with E-state index >= 15 is 0 Å². The average Bonchev–Trinajstić information content (AvgIpc) is 3.38. The molecule has 1 saturated heterocycles. The second-order valence-electron chi connectivity index (χ2n) is 9.23. The summed E-state index contributed by atoms with van der Waals surface area (Å²) in [6.07, 6.45) is 8.40. The van der Waals surface area contributed by atoms with Gasteiger partial charge in [0, 0.05) is 30.8 Å². The van der Waals surface area contributed by atoms with Crippen LogP contribution in [0.4, 0.5) is 5.82 Å². The van der Waals surface area contributed by atoms with E-state index in [1.807, 2.05) is 28.8 Å². The van der Waals surface area contributed by atoms with Gasteiger partial charge in [0.25, 0.3) is 0 Å². The highest BCUT2D eigenvalue weighted by molar-refractivity contribution is 9.10. The smallest absolute Gasteiger partial charge is 0.172 e. The third kappa shape index (κ3) is 4.30. The molecule has 3 aromatic rings. The van der Waals surface area contributed by atoms with E-state index in [0.717, 1.165) is 45.7 Å². The Morgan fingerprint density at radius 1 is 1.23 bits per heavy atom. The maximum atomic E-state index is 10.3. The summed E-state index contributed by atoms with van der Waals surface area (Å²) in [6.45, 7) is 5.72. The first kappa shape index (κ1) is 20.8. The predicted octanol–water partition coefficient (Wildman–Crippen LogP) is 5.18. The topological polar surface area (TPSA) is 65.7 Å². The van der Waals surface area contributed by atoms with E-state index in [9.17, 15) is 5.11 Å². The van der Waals surface area contributed by atoms with Crippen molar-refractivity contribution < 1.29 is 5.11 Å². The molecule has 2 N–H and O–H groups in total. The third-order valence-electron chi connectivity index (χ3n) is 6.91. The Hall–Kier alpha value is -2.12. The Labute approximate surface area is 191 Å². The minimum absolute atomic E-state index is 0.231. The number of fused-ring (bicyclic) bond motifs is 1. The molecule has 1 aliphatic heterocycles. The Morgan fingerprint density at radius 3 is 2.90 bits per heavy atom. The summed E-state index contributed by atoms with van der Waals surface area (Å²) in [4.78, 5) is 7.47. The van der Waals surface area contributed by atoms with Gasteiger partial charge in [0.15, 0.2) is 5.65 Å². The summed E-state index contributed by atoms with van der Waals surface area (Å²) in [5.74, 6) is 2.63. The first-order chi connectivity index (χ1) is 15.1. The number of nitrogens with zero attached hydrogens (tertiary/aromatic N) is 4. The lowest BCUT2D eigenvalue weighted by atomic mass is 9.96. The Kier molecular flexibility index (Phi) is 5.89. The number of anilines is 1. The van der Waals surface area contributed by atoms with Gasteiger partial charge >= 0.3 is 0 Å². The van der Waals surface area contributed by atoms with Crippen LogP contribution in [0.3, 0.4) is 0 Å². The van der Waals surface area contributed by atoms with Crippen molar-refractivity contribution in [2.45, 2.75) is 45.1 Å². The highest BCUT2D eigenvalue weighted by atomic mass is 79.9. The van der Waals surface area contributed by atoms with Crippen molar-refractivity contribution in [1.82, 2.24) is 19.5 Å². The number of phenols is 1. The zero-order valence-electron chi connectivity index (χ0n) is 18.0. The molecule has 3 atom stereocenters. The Morgan fingerprint density at radius 2 is 2.10 bits per heavy atom. The molecule has 6 nitrogen and oxygen atoms in total. The minimum atomic E-state index is 0.231. The number of nitrogens with one attached hydrogen (secondary N) is 1. The number of para-hydroxylation sites is 1. The molecule has 5 rings (SSSR count). The lowest BCUT2D eigenvalue weighted by Crippen LogP contribution is -2.43. The van der Waals surface area contributed by atoms with Gasteiger partial charge in [-0.25, -0.2) is 4.98 Å². The first-order valence-electron chi connectivity index (χ1n) is 11.4. The number of hydrogen-bond donors (Lipinski definition) is 2. The van der Waals surface area contributed by atoms with E-state index in [2.05, 4.69) is 38.2 Å². The molecule has 3 unspecified atom stereocenters. The molecule has 7 heteroatoms. The molecule has 2 aliphatic rings. The summed E-state index contributed by atoms with van der Waals surface area (Å²) in [5, 5.41) is 18.5. The molecule has 0 bridgehead atoms. The molecule has 2 aromatic heterocycles. The second-order valence-corrected chi connectivity index (χ2v) is 10.1. The van der Waals surface area contributed by atoms with Gasteiger partial charge in [-0.15, -0.1) is 0 Å². The van der Waals surface area contributed by atoms with Crippen LogP contribution in [-0.2, 0) is 0 Å². The zero-order valence-corrected chi connectivity index (χ0v) is 19.6. The number of benzene rings is 1. The summed E-state index contributed by atoms with van der Waals surface area (Å²) in [6, 6.07) is 10.1. The highest BCUT2D eigenvalue weighted by Gasteiger charge is 2.30. The van der Waals surface area contributed by atoms with Crippen molar-refractivity contribution in [3.05, 3.63) is 41.0 Å². The lowest BCUT2D eigenvalue weighted by molar-refractivity contribution is 0.127. The SMILES string of the molecule is CC1CCC(N2CCCC(CNc3cc(-c4ccccc4O)nc4c(Br)cnn34)C2)C1. The number of hydrogen-bond acceptors (Lipinski definition) is 5. The van der Waals surface area contributed by atoms with Crippen LogP contribution in [0.2, 0.25) is 0 Å². The van der Waals surface area contributed by atoms with Crippen LogP contribution in [0.5, 0.6) is 5.75 Å². The molecule has 164 valence electrons. The van der Waals surface area contributed by atoms with Crippen molar-refractivity contribution >= 4 is 27.4 Å². The van der Waals surface area contributed by atoms with Gasteiger partial charge in [0.05, 0.1) is 16.4 Å². The number of aromatic nitrogens is 3. The van der Waals surface area contributed by atoms with E-state index < -0.39 is 0 Å². The molecule has 0 radical (unpaired) electrons. The van der Waals surface area contributed by atoms with E-state index in [1.165, 1.54) is 45.2 Å². The molecule has 1 aromatic carbocycles. The quantitative estimate of drug-likeness (QED) is 0.523. The Balaban J connectivity index is 1.36. The molecule has 3 heterocycles. The number of halogens is 1. The van der Waals surface area contributed by atoms with E-state index in [4.69, 9.17) is 4.98 Å². The van der Waals surface area contributed by atoms with Crippen LogP contribution in [0.1, 0.15) is 39.0 Å². The van der Waals surface area contributed by atoms with E-state index in [0.29, 0.717) is 5.92 Å². The Bertz CT molecular complexity index is 1070. The van der Waals surface area contributed by atoms with Crippen LogP contribution in [-0.4, -0.2) is 50.3 Å². The molecule has 0 spiro atoms. The molecular weight excluding hydrogens is 454 g/mol. The van der Waals surface area contributed by atoms with Gasteiger partial charge in [-0.05, 0) is 78.5 Å². The van der Waals surface area contributed by atoms with Gasteiger partial charge in [0.2, 0.25) is 0 Å². The fourth-order valence-electron chi connectivity index (χ4n) is 5.24. The largest absolute Gasteiger partial charge is 0.507 e. The fraction of sp³-hybridized carbons (Fsp3) is 0.500. The molecule has 1 aliphatic carbocycles. The summed E-state index contributed by atoms with van der Waals surface area (Å²) in [5.41, 5.74) is 2.20. The predicted molar refractivity (Wildman–Crippen MR) is 127 cm³/mol. The number of likely N-dealkylation sites (tertiary alicyclic amines) is 1.